The van der Waals surface area contributed by atoms with Gasteiger partial charge in [-0.3, -0.25) is 0 Å². The Labute approximate surface area is 274 Å². The van der Waals surface area contributed by atoms with Gasteiger partial charge in [0.05, 0.1) is 21.8 Å². The monoisotopic (exact) mass is 679 g/mol. The van der Waals surface area contributed by atoms with Crippen LogP contribution in [0.4, 0.5) is 30.7 Å². The molecule has 5 aromatic rings. The summed E-state index contributed by atoms with van der Waals surface area (Å²) in [6.07, 6.45) is 0. The first-order valence-corrected chi connectivity index (χ1v) is 14.1. The summed E-state index contributed by atoms with van der Waals surface area (Å²) in [6, 6.07) is 16.3. The number of fused-ring (bicyclic) bond motifs is 2. The molecule has 0 saturated carbocycles. The minimum Gasteiger partial charge on any atom is -0.226 e. The Hall–Kier alpha value is -6.94. The highest BCUT2D eigenvalue weighted by atomic mass is 19.2. The minimum atomic E-state index is -2.41. The number of aromatic nitrogens is 3. The van der Waals surface area contributed by atoms with Gasteiger partial charge < -0.3 is 0 Å². The van der Waals surface area contributed by atoms with Crippen molar-refractivity contribution < 1.29 is 30.7 Å². The molecule has 242 valence electrons. The van der Waals surface area contributed by atoms with Gasteiger partial charge in [0.25, 0.3) is 0 Å². The van der Waals surface area contributed by atoms with Crippen LogP contribution in [0.5, 0.6) is 0 Å². The number of rotatable bonds is 4. The maximum absolute atomic E-state index is 14.6. The third-order valence-electron chi connectivity index (χ3n) is 7.54. The molecule has 1 aromatic heterocycles. The smallest absolute Gasteiger partial charge is 0.200 e. The van der Waals surface area contributed by atoms with Crippen LogP contribution < -0.4 is 21.4 Å². The predicted octanol–water partition coefficient (Wildman–Crippen LogP) is 4.84. The van der Waals surface area contributed by atoms with Crippen LogP contribution in [0.3, 0.4) is 0 Å². The predicted molar refractivity (Wildman–Crippen MR) is 158 cm³/mol. The summed E-state index contributed by atoms with van der Waals surface area (Å²) in [5, 5.41) is 19.5. The average molecular weight is 680 g/mol. The van der Waals surface area contributed by atoms with Crippen LogP contribution in [0, 0.1) is 63.4 Å². The van der Waals surface area contributed by atoms with Gasteiger partial charge in [-0.1, -0.05) is 30.3 Å². The molecule has 9 nitrogen and oxygen atoms in total. The van der Waals surface area contributed by atoms with Crippen molar-refractivity contribution in [2.45, 2.75) is 6.92 Å². The average Bonchev–Trinajstić information content (AvgIpc) is 3.76. The third kappa shape index (κ3) is 5.06. The van der Waals surface area contributed by atoms with Gasteiger partial charge in [0.2, 0.25) is 5.82 Å². The van der Waals surface area contributed by atoms with E-state index < -0.39 is 57.7 Å². The highest BCUT2D eigenvalue weighted by Gasteiger charge is 2.30. The second-order valence-electron chi connectivity index (χ2n) is 10.5. The number of nitriles is 2. The molecule has 0 spiro atoms. The zero-order valence-electron chi connectivity index (χ0n) is 24.9. The summed E-state index contributed by atoms with van der Waals surface area (Å²) in [4.78, 5) is 30.1. The Kier molecular flexibility index (Phi) is 7.56. The van der Waals surface area contributed by atoms with Crippen molar-refractivity contribution in [3.63, 3.8) is 0 Å². The van der Waals surface area contributed by atoms with Gasteiger partial charge in [0, 0.05) is 28.8 Å². The van der Waals surface area contributed by atoms with E-state index in [1.54, 1.807) is 37.3 Å². The van der Waals surface area contributed by atoms with E-state index in [1.165, 1.54) is 18.2 Å². The van der Waals surface area contributed by atoms with Crippen molar-refractivity contribution in [1.82, 2.24) is 15.0 Å². The fourth-order valence-electron chi connectivity index (χ4n) is 5.12. The van der Waals surface area contributed by atoms with E-state index in [0.717, 1.165) is 6.07 Å². The zero-order valence-corrected chi connectivity index (χ0v) is 24.9. The van der Waals surface area contributed by atoms with Crippen LogP contribution in [0.1, 0.15) is 23.9 Å². The number of nitrogens with zero attached hydrogens (tertiary/aromatic N) is 9. The summed E-state index contributed by atoms with van der Waals surface area (Å²) in [5.41, 5.74) is -2.03. The lowest BCUT2D eigenvalue weighted by Gasteiger charge is -2.09. The van der Waals surface area contributed by atoms with Crippen molar-refractivity contribution in [1.29, 1.82) is 10.5 Å². The lowest BCUT2D eigenvalue weighted by molar-refractivity contribution is 0.376. The molecule has 0 bridgehead atoms. The van der Waals surface area contributed by atoms with Crippen molar-refractivity contribution in [3.8, 4) is 34.9 Å². The van der Waals surface area contributed by atoms with Gasteiger partial charge in [-0.25, -0.2) is 65.7 Å². The van der Waals surface area contributed by atoms with Crippen LogP contribution in [0.25, 0.3) is 33.9 Å². The van der Waals surface area contributed by atoms with E-state index in [0.29, 0.717) is 11.6 Å². The van der Waals surface area contributed by atoms with E-state index >= 15 is 0 Å². The molecular weight excluding hydrogens is 667 g/mol. The van der Waals surface area contributed by atoms with E-state index in [1.807, 2.05) is 6.07 Å². The molecule has 7 rings (SSSR count). The normalized spacial score (nSPS) is 14.7. The fraction of sp³-hybridized carbons (Fsp3) is 0.0294. The SMILES string of the molecule is C/C(=C1\N=c2cc(F)cc(F)c2=N1)c1nc(-c2ccccc2)nc(-c2ccc3c(c2C#N)=N/C(=C(\C#N)c2c(F)c(F)c(F)c(F)c2F)N=3)n1. The van der Waals surface area contributed by atoms with Crippen LogP contribution in [0.15, 0.2) is 86.2 Å². The van der Waals surface area contributed by atoms with Crippen molar-refractivity contribution in [3.05, 3.63) is 145 Å². The van der Waals surface area contributed by atoms with Crippen molar-refractivity contribution in [2.24, 2.45) is 20.0 Å². The molecular formula is C34H12F7N9. The Bertz CT molecular complexity index is 2740. The molecule has 0 aliphatic carbocycles. The Balaban J connectivity index is 1.44. The molecule has 0 saturated heterocycles. The summed E-state index contributed by atoms with van der Waals surface area (Å²) >= 11 is 0. The molecule has 2 aliphatic rings. The standard InChI is InChI=1S/C34H12F7N9/c1-13(30-45-21-10-15(35)9-19(36)29(21)47-30)31-48-32(14-5-3-2-4-6-14)50-33(49-31)16-7-8-20-28(17(16)11-42)46-34(44-20)18(12-43)22-23(37)25(39)27(41)26(40)24(22)38/h2-10H,1H3/b30-13-,34-18+. The molecule has 0 radical (unpaired) electrons. The molecule has 0 fully saturated rings. The molecule has 0 atom stereocenters. The largest absolute Gasteiger partial charge is 0.226 e. The molecule has 50 heavy (non-hydrogen) atoms. The second kappa shape index (κ2) is 11.9. The molecule has 2 aliphatic heterocycles. The van der Waals surface area contributed by atoms with Gasteiger partial charge in [-0.05, 0) is 19.1 Å². The van der Waals surface area contributed by atoms with Crippen LogP contribution >= 0.6 is 0 Å². The van der Waals surface area contributed by atoms with Crippen LogP contribution in [-0.4, -0.2) is 15.0 Å². The summed E-state index contributed by atoms with van der Waals surface area (Å²) in [5.74, 6) is -14.0. The molecule has 4 aromatic carbocycles. The minimum absolute atomic E-state index is 0.00489. The zero-order chi connectivity index (χ0) is 35.4. The number of hydrogen-bond acceptors (Lipinski definition) is 9. The summed E-state index contributed by atoms with van der Waals surface area (Å²) in [6.45, 7) is 1.54. The maximum atomic E-state index is 14.6. The van der Waals surface area contributed by atoms with Gasteiger partial charge >= 0.3 is 0 Å². The Morgan fingerprint density at radius 1 is 0.640 bits per heavy atom. The maximum Gasteiger partial charge on any atom is 0.200 e. The Morgan fingerprint density at radius 2 is 1.28 bits per heavy atom. The first kappa shape index (κ1) is 31.6. The number of halogens is 7. The number of allylic oxidation sites excluding steroid dienone is 2. The molecule has 0 N–H and O–H groups in total. The van der Waals surface area contributed by atoms with Crippen LogP contribution in [0.2, 0.25) is 0 Å². The molecule has 0 unspecified atom stereocenters. The Morgan fingerprint density at radius 3 is 1.96 bits per heavy atom. The first-order chi connectivity index (χ1) is 24.0. The highest BCUT2D eigenvalue weighted by Crippen LogP contribution is 2.31. The molecule has 16 heteroatoms. The van der Waals surface area contributed by atoms with E-state index in [2.05, 4.69) is 34.9 Å². The topological polar surface area (TPSA) is 136 Å². The number of hydrogen-bond donors (Lipinski definition) is 0. The highest BCUT2D eigenvalue weighted by molar-refractivity contribution is 5.80. The number of benzene rings is 4. The molecule has 3 heterocycles. The molecule has 0 amide bonds. The van der Waals surface area contributed by atoms with Crippen molar-refractivity contribution >= 4 is 11.1 Å². The van der Waals surface area contributed by atoms with Gasteiger partial charge in [-0.15, -0.1) is 0 Å². The quantitative estimate of drug-likeness (QED) is 0.116. The fourth-order valence-corrected chi connectivity index (χ4v) is 5.12. The summed E-state index contributed by atoms with van der Waals surface area (Å²) in [7, 11) is 0. The van der Waals surface area contributed by atoms with E-state index in [4.69, 9.17) is 0 Å². The first-order valence-electron chi connectivity index (χ1n) is 14.1. The van der Waals surface area contributed by atoms with Gasteiger partial charge in [0.1, 0.15) is 34.2 Å². The van der Waals surface area contributed by atoms with Crippen LogP contribution in [-0.2, 0) is 0 Å². The summed E-state index contributed by atoms with van der Waals surface area (Å²) < 4.78 is 99.2. The van der Waals surface area contributed by atoms with Crippen molar-refractivity contribution in [2.75, 3.05) is 0 Å². The van der Waals surface area contributed by atoms with Gasteiger partial charge in [-0.2, -0.15) is 10.5 Å². The van der Waals surface area contributed by atoms with E-state index in [-0.39, 0.29) is 61.4 Å². The third-order valence-corrected chi connectivity index (χ3v) is 7.54. The van der Waals surface area contributed by atoms with Gasteiger partial charge in [0.15, 0.2) is 58.2 Å². The lowest BCUT2D eigenvalue weighted by Crippen LogP contribution is -2.25. The lowest BCUT2D eigenvalue weighted by atomic mass is 10.0. The second-order valence-corrected chi connectivity index (χ2v) is 10.5. The van der Waals surface area contributed by atoms with E-state index in [9.17, 15) is 41.3 Å².